The van der Waals surface area contributed by atoms with Gasteiger partial charge < -0.3 is 25.7 Å². The molecular weight excluding hydrogens is 482 g/mol. The number of carbonyl (C=O) groups is 3. The Hall–Kier alpha value is -0.374. The largest absolute Gasteiger partial charge is 1.00 e. The van der Waals surface area contributed by atoms with Crippen LogP contribution in [0.3, 0.4) is 0 Å². The third kappa shape index (κ3) is 14.6. The second-order valence-corrected chi connectivity index (χ2v) is 9.44. The van der Waals surface area contributed by atoms with Gasteiger partial charge in [0.1, 0.15) is 12.1 Å². The molecule has 0 aliphatic rings. The maximum Gasteiger partial charge on any atom is 1.00 e. The summed E-state index contributed by atoms with van der Waals surface area (Å²) in [5.41, 5.74) is 0. The summed E-state index contributed by atoms with van der Waals surface area (Å²) in [4.78, 5) is 49.5. The van der Waals surface area contributed by atoms with Crippen LogP contribution >= 0.6 is 7.75 Å². The molecule has 2 amide bonds. The number of rotatable bonds is 15. The molecule has 5 atom stereocenters. The molecule has 0 aromatic rings. The van der Waals surface area contributed by atoms with Gasteiger partial charge in [0.25, 0.3) is 0 Å². The van der Waals surface area contributed by atoms with E-state index in [1.165, 1.54) is 13.8 Å². The molecule has 0 radical (unpaired) electrons. The monoisotopic (exact) mass is 518 g/mol. The fourth-order valence-corrected chi connectivity index (χ4v) is 3.78. The van der Waals surface area contributed by atoms with Crippen molar-refractivity contribution >= 4 is 31.4 Å². The molecule has 0 heterocycles. The molecular formula is C19H36KN4O8P. The Balaban J connectivity index is 0. The minimum Gasteiger partial charge on any atom is -0.861 e. The number of aliphatic carboxylic acids is 1. The Bertz CT molecular complexity index is 722. The van der Waals surface area contributed by atoms with Crippen LogP contribution in [0.5, 0.6) is 0 Å². The average Bonchev–Trinajstić information content (AvgIpc) is 2.68. The summed E-state index contributed by atoms with van der Waals surface area (Å²) in [5, 5.41) is 28.1. The standard InChI is InChI=1S/C19H37N4O8P.K/c1-7-12(5)16(23-32(29,30)31-8-2)18(26)21-13(6)17(25)20-10-15(24)22-14(19(27)28)9-11(3)4;/h11-14,16H,7-10H2,1-6H3,(H,20,25)(H,21,26)(H,22,24)(H,27,28)(H2,23,29,30);/q;+1/p-1/t12-,13-,14-,16-;/m0./s1. The topological polar surface area (TPSA) is 189 Å². The molecule has 1 unspecified atom stereocenters. The Morgan fingerprint density at radius 2 is 1.70 bits per heavy atom. The Morgan fingerprint density at radius 1 is 1.12 bits per heavy atom. The number of nitrogens with zero attached hydrogens (tertiary/aromatic N) is 1. The second kappa shape index (κ2) is 17.1. The molecule has 0 rings (SSSR count). The van der Waals surface area contributed by atoms with Crippen molar-refractivity contribution in [2.45, 2.75) is 72.5 Å². The van der Waals surface area contributed by atoms with E-state index in [-0.39, 0.29) is 76.2 Å². The molecule has 0 aromatic heterocycles. The van der Waals surface area contributed by atoms with E-state index in [0.717, 1.165) is 0 Å². The van der Waals surface area contributed by atoms with E-state index in [4.69, 9.17) is 9.63 Å². The number of hydrogen-bond acceptors (Lipinski definition) is 7. The second-order valence-electron chi connectivity index (χ2n) is 7.88. The smallest absolute Gasteiger partial charge is 0.861 e. The van der Waals surface area contributed by atoms with E-state index in [9.17, 15) is 28.9 Å². The van der Waals surface area contributed by atoms with Crippen LogP contribution < -0.4 is 72.2 Å². The molecule has 186 valence electrons. The summed E-state index contributed by atoms with van der Waals surface area (Å²) in [5.74, 6) is -3.74. The van der Waals surface area contributed by atoms with E-state index < -0.39 is 56.1 Å². The van der Waals surface area contributed by atoms with Crippen LogP contribution in [0.25, 0.3) is 0 Å². The summed E-state index contributed by atoms with van der Waals surface area (Å²) in [6.07, 6.45) is 0.691. The number of amides is 2. The van der Waals surface area contributed by atoms with Gasteiger partial charge in [0.05, 0.1) is 12.6 Å². The molecule has 0 spiro atoms. The normalized spacial score (nSPS) is 17.2. The fraction of sp³-hybridized carbons (Fsp3) is 0.789. The molecule has 12 nitrogen and oxygen atoms in total. The van der Waals surface area contributed by atoms with Gasteiger partial charge in [-0.25, -0.2) is 14.4 Å². The van der Waals surface area contributed by atoms with Crippen molar-refractivity contribution in [1.29, 1.82) is 0 Å². The Labute approximate surface area is 237 Å². The number of nitrogens with one attached hydrogen (secondary N) is 3. The first kappa shape index (κ1) is 34.8. The van der Waals surface area contributed by atoms with Crippen LogP contribution in [0, 0.1) is 11.8 Å². The van der Waals surface area contributed by atoms with E-state index in [1.807, 2.05) is 0 Å². The van der Waals surface area contributed by atoms with Crippen LogP contribution in [0.15, 0.2) is 4.99 Å². The van der Waals surface area contributed by atoms with Crippen LogP contribution in [0.1, 0.15) is 54.4 Å². The maximum absolute atomic E-state index is 12.6. The van der Waals surface area contributed by atoms with Crippen LogP contribution in [0.4, 0.5) is 0 Å². The molecule has 0 aliphatic carbocycles. The quantitative estimate of drug-likeness (QED) is 0.0651. The van der Waals surface area contributed by atoms with Crippen molar-refractivity contribution in [3.8, 4) is 0 Å². The van der Waals surface area contributed by atoms with Crippen molar-refractivity contribution < 1.29 is 90.0 Å². The van der Waals surface area contributed by atoms with Gasteiger partial charge in [0.15, 0.2) is 0 Å². The molecule has 14 heteroatoms. The van der Waals surface area contributed by atoms with Gasteiger partial charge in [0.2, 0.25) is 11.8 Å². The van der Waals surface area contributed by atoms with Crippen molar-refractivity contribution in [3.63, 3.8) is 0 Å². The predicted molar refractivity (Wildman–Crippen MR) is 117 cm³/mol. The molecule has 33 heavy (non-hydrogen) atoms. The molecule has 0 aromatic carbocycles. The Morgan fingerprint density at radius 3 is 2.15 bits per heavy atom. The number of carbonyl (C=O) groups excluding carboxylic acids is 2. The first-order valence-corrected chi connectivity index (χ1v) is 12.1. The summed E-state index contributed by atoms with van der Waals surface area (Å²) in [6.45, 7) is 9.44. The van der Waals surface area contributed by atoms with Gasteiger partial charge in [0, 0.05) is 6.54 Å². The van der Waals surface area contributed by atoms with Crippen molar-refractivity contribution in [2.24, 2.45) is 16.8 Å². The molecule has 0 fully saturated rings. The van der Waals surface area contributed by atoms with Gasteiger partial charge in [-0.2, -0.15) is 0 Å². The molecule has 5 N–H and O–H groups in total. The van der Waals surface area contributed by atoms with E-state index in [1.54, 1.807) is 27.7 Å². The minimum absolute atomic E-state index is 0. The van der Waals surface area contributed by atoms with Gasteiger partial charge in [-0.05, 0) is 38.0 Å². The Kier molecular flexibility index (Phi) is 18.0. The first-order valence-electron chi connectivity index (χ1n) is 10.5. The number of carboxylic acid groups (broad SMARTS) is 1. The minimum atomic E-state index is -4.21. The summed E-state index contributed by atoms with van der Waals surface area (Å²) in [6, 6.07) is -3.36. The zero-order valence-corrected chi connectivity index (χ0v) is 24.5. The van der Waals surface area contributed by atoms with Crippen molar-refractivity contribution in [3.05, 3.63) is 0 Å². The van der Waals surface area contributed by atoms with Gasteiger partial charge >= 0.3 is 65.1 Å². The van der Waals surface area contributed by atoms with E-state index in [2.05, 4.69) is 20.7 Å². The van der Waals surface area contributed by atoms with Crippen LogP contribution in [-0.2, 0) is 23.5 Å². The molecule has 0 saturated heterocycles. The zero-order valence-electron chi connectivity index (χ0n) is 20.5. The average molecular weight is 519 g/mol. The third-order valence-corrected chi connectivity index (χ3v) is 5.76. The first-order chi connectivity index (χ1) is 14.7. The fourth-order valence-electron chi connectivity index (χ4n) is 2.63. The van der Waals surface area contributed by atoms with Gasteiger partial charge in [-0.1, -0.05) is 34.1 Å². The van der Waals surface area contributed by atoms with Gasteiger partial charge in [-0.15, -0.1) is 0 Å². The molecule has 0 saturated carbocycles. The third-order valence-electron chi connectivity index (χ3n) is 4.55. The van der Waals surface area contributed by atoms with E-state index in [0.29, 0.717) is 6.42 Å². The predicted octanol–water partition coefficient (Wildman–Crippen LogP) is -2.99. The SMILES string of the molecule is CCOP(=O)(O)N[C@H](C(=O)N[C@@H](C)C(=O)NCC([O-])=N[C@@H](CC(C)C)C(=O)O)[C@@H](C)CC.[K+]. The number of aliphatic imine (C=N–C) groups is 1. The summed E-state index contributed by atoms with van der Waals surface area (Å²) in [7, 11) is -4.21. The maximum atomic E-state index is 12.6. The van der Waals surface area contributed by atoms with Gasteiger partial charge in [-0.3, -0.25) is 19.1 Å². The molecule has 0 aliphatic heterocycles. The van der Waals surface area contributed by atoms with Crippen molar-refractivity contribution in [1.82, 2.24) is 15.7 Å². The van der Waals surface area contributed by atoms with Crippen LogP contribution in [0.2, 0.25) is 0 Å². The summed E-state index contributed by atoms with van der Waals surface area (Å²) < 4.78 is 16.8. The zero-order chi connectivity index (χ0) is 25.1. The van der Waals surface area contributed by atoms with Crippen LogP contribution in [-0.4, -0.2) is 65.0 Å². The number of carboxylic acids is 1. The molecule has 0 bridgehead atoms. The number of hydrogen-bond donors (Lipinski definition) is 5. The summed E-state index contributed by atoms with van der Waals surface area (Å²) >= 11 is 0. The van der Waals surface area contributed by atoms with E-state index >= 15 is 0 Å². The van der Waals surface area contributed by atoms with Crippen molar-refractivity contribution in [2.75, 3.05) is 13.2 Å².